The van der Waals surface area contributed by atoms with Crippen LogP contribution in [0.5, 0.6) is 0 Å². The standard InChI is InChI=1S/C8H17NO5S/c1-7(8(10)11)9(2)15(12,13)6-4-5-14-3/h7H,4-6H2,1-3H3,(H,10,11). The van der Waals surface area contributed by atoms with E-state index < -0.39 is 22.0 Å². The molecule has 0 aliphatic carbocycles. The Morgan fingerprint density at radius 2 is 2.07 bits per heavy atom. The number of hydrogen-bond acceptors (Lipinski definition) is 4. The molecule has 0 aromatic heterocycles. The number of likely N-dealkylation sites (N-methyl/N-ethyl adjacent to an activating group) is 1. The summed E-state index contributed by atoms with van der Waals surface area (Å²) < 4.78 is 28.7. The van der Waals surface area contributed by atoms with E-state index in [4.69, 9.17) is 9.84 Å². The van der Waals surface area contributed by atoms with Gasteiger partial charge in [0.1, 0.15) is 6.04 Å². The second kappa shape index (κ2) is 6.04. The minimum atomic E-state index is -3.50. The molecule has 90 valence electrons. The molecule has 0 saturated heterocycles. The summed E-state index contributed by atoms with van der Waals surface area (Å²) in [7, 11) is -0.757. The molecule has 0 aliphatic rings. The first-order chi connectivity index (χ1) is 6.83. The van der Waals surface area contributed by atoms with Crippen LogP contribution in [0.4, 0.5) is 0 Å². The summed E-state index contributed by atoms with van der Waals surface area (Å²) >= 11 is 0. The van der Waals surface area contributed by atoms with Gasteiger partial charge in [0, 0.05) is 20.8 Å². The molecule has 0 rings (SSSR count). The lowest BCUT2D eigenvalue weighted by molar-refractivity contribution is -0.140. The van der Waals surface area contributed by atoms with Gasteiger partial charge in [0.25, 0.3) is 0 Å². The van der Waals surface area contributed by atoms with Crippen molar-refractivity contribution in [3.63, 3.8) is 0 Å². The van der Waals surface area contributed by atoms with Gasteiger partial charge in [-0.1, -0.05) is 0 Å². The molecule has 1 atom stereocenters. The number of carbonyl (C=O) groups is 1. The monoisotopic (exact) mass is 239 g/mol. The van der Waals surface area contributed by atoms with Crippen LogP contribution in [0, 0.1) is 0 Å². The first kappa shape index (κ1) is 14.3. The third-order valence-electron chi connectivity index (χ3n) is 2.09. The van der Waals surface area contributed by atoms with E-state index in [2.05, 4.69) is 0 Å². The molecule has 0 fully saturated rings. The second-order valence-corrected chi connectivity index (χ2v) is 5.34. The number of ether oxygens (including phenoxy) is 1. The molecular formula is C8H17NO5S. The summed E-state index contributed by atoms with van der Waals surface area (Å²) in [5, 5.41) is 8.66. The zero-order valence-corrected chi connectivity index (χ0v) is 9.95. The molecule has 7 heteroatoms. The average molecular weight is 239 g/mol. The van der Waals surface area contributed by atoms with Crippen molar-refractivity contribution in [2.75, 3.05) is 26.5 Å². The minimum Gasteiger partial charge on any atom is -0.480 e. The van der Waals surface area contributed by atoms with Crippen LogP contribution in [0.15, 0.2) is 0 Å². The van der Waals surface area contributed by atoms with Gasteiger partial charge < -0.3 is 9.84 Å². The van der Waals surface area contributed by atoms with Crippen molar-refractivity contribution < 1.29 is 23.1 Å². The molecule has 0 spiro atoms. The van der Waals surface area contributed by atoms with Gasteiger partial charge in [0.15, 0.2) is 0 Å². The molecular weight excluding hydrogens is 222 g/mol. The van der Waals surface area contributed by atoms with Crippen LogP contribution in [-0.2, 0) is 19.6 Å². The number of sulfonamides is 1. The van der Waals surface area contributed by atoms with Crippen molar-refractivity contribution in [2.45, 2.75) is 19.4 Å². The molecule has 0 saturated carbocycles. The Hall–Kier alpha value is -0.660. The number of rotatable bonds is 7. The van der Waals surface area contributed by atoms with Crippen LogP contribution in [0.2, 0.25) is 0 Å². The number of carboxylic acid groups (broad SMARTS) is 1. The van der Waals surface area contributed by atoms with Gasteiger partial charge in [-0.15, -0.1) is 0 Å². The van der Waals surface area contributed by atoms with E-state index in [1.165, 1.54) is 21.1 Å². The highest BCUT2D eigenvalue weighted by molar-refractivity contribution is 7.89. The van der Waals surface area contributed by atoms with Crippen LogP contribution in [0.3, 0.4) is 0 Å². The molecule has 1 unspecified atom stereocenters. The Morgan fingerprint density at radius 3 is 2.47 bits per heavy atom. The third-order valence-corrected chi connectivity index (χ3v) is 4.09. The molecule has 0 bridgehead atoms. The van der Waals surface area contributed by atoms with Crippen LogP contribution < -0.4 is 0 Å². The summed E-state index contributed by atoms with van der Waals surface area (Å²) in [5.74, 6) is -1.26. The highest BCUT2D eigenvalue weighted by atomic mass is 32.2. The Labute approximate surface area is 89.9 Å². The van der Waals surface area contributed by atoms with Gasteiger partial charge in [0.2, 0.25) is 10.0 Å². The van der Waals surface area contributed by atoms with Crippen molar-refractivity contribution in [1.82, 2.24) is 4.31 Å². The number of carboxylic acids is 1. The highest BCUT2D eigenvalue weighted by Crippen LogP contribution is 2.06. The van der Waals surface area contributed by atoms with Gasteiger partial charge in [0.05, 0.1) is 5.75 Å². The Kier molecular flexibility index (Phi) is 5.77. The largest absolute Gasteiger partial charge is 0.480 e. The molecule has 0 radical (unpaired) electrons. The van der Waals surface area contributed by atoms with Gasteiger partial charge in [-0.2, -0.15) is 4.31 Å². The zero-order chi connectivity index (χ0) is 12.1. The molecule has 15 heavy (non-hydrogen) atoms. The van der Waals surface area contributed by atoms with Crippen LogP contribution in [0.25, 0.3) is 0 Å². The highest BCUT2D eigenvalue weighted by Gasteiger charge is 2.27. The zero-order valence-electron chi connectivity index (χ0n) is 9.13. The summed E-state index contributed by atoms with van der Waals surface area (Å²) in [6.07, 6.45) is 0.357. The fourth-order valence-electron chi connectivity index (χ4n) is 0.926. The third kappa shape index (κ3) is 4.59. The normalized spacial score (nSPS) is 14.1. The van der Waals surface area contributed by atoms with Gasteiger partial charge >= 0.3 is 5.97 Å². The van der Waals surface area contributed by atoms with E-state index in [9.17, 15) is 13.2 Å². The number of aliphatic carboxylic acids is 1. The lowest BCUT2D eigenvalue weighted by Gasteiger charge is -2.20. The van der Waals surface area contributed by atoms with Crippen molar-refractivity contribution in [2.24, 2.45) is 0 Å². The maximum atomic E-state index is 11.6. The molecule has 0 aromatic carbocycles. The molecule has 0 amide bonds. The lowest BCUT2D eigenvalue weighted by Crippen LogP contribution is -2.41. The van der Waals surface area contributed by atoms with Crippen molar-refractivity contribution in [3.05, 3.63) is 0 Å². The first-order valence-electron chi connectivity index (χ1n) is 4.50. The Bertz CT molecular complexity index is 300. The topological polar surface area (TPSA) is 83.9 Å². The second-order valence-electron chi connectivity index (χ2n) is 3.19. The minimum absolute atomic E-state index is 0.102. The fourth-order valence-corrected chi connectivity index (χ4v) is 2.27. The average Bonchev–Trinajstić information content (AvgIpc) is 2.15. The first-order valence-corrected chi connectivity index (χ1v) is 6.11. The molecule has 0 aromatic rings. The number of hydrogen-bond donors (Lipinski definition) is 1. The maximum absolute atomic E-state index is 11.6. The summed E-state index contributed by atoms with van der Waals surface area (Å²) in [6.45, 7) is 1.67. The molecule has 1 N–H and O–H groups in total. The summed E-state index contributed by atoms with van der Waals surface area (Å²) in [4.78, 5) is 10.6. The lowest BCUT2D eigenvalue weighted by atomic mass is 10.4. The van der Waals surface area contributed by atoms with Gasteiger partial charge in [-0.05, 0) is 13.3 Å². The van der Waals surface area contributed by atoms with Crippen LogP contribution >= 0.6 is 0 Å². The van der Waals surface area contributed by atoms with Crippen molar-refractivity contribution >= 4 is 16.0 Å². The van der Waals surface area contributed by atoms with E-state index in [1.807, 2.05) is 0 Å². The Balaban J connectivity index is 4.39. The van der Waals surface area contributed by atoms with E-state index in [1.54, 1.807) is 0 Å². The van der Waals surface area contributed by atoms with Crippen molar-refractivity contribution in [1.29, 1.82) is 0 Å². The fraction of sp³-hybridized carbons (Fsp3) is 0.875. The Morgan fingerprint density at radius 1 is 1.53 bits per heavy atom. The smallest absolute Gasteiger partial charge is 0.321 e. The quantitative estimate of drug-likeness (QED) is 0.620. The van der Waals surface area contributed by atoms with Crippen LogP contribution in [0.1, 0.15) is 13.3 Å². The van der Waals surface area contributed by atoms with E-state index in [0.717, 1.165) is 4.31 Å². The van der Waals surface area contributed by atoms with E-state index >= 15 is 0 Å². The molecule has 6 nitrogen and oxygen atoms in total. The van der Waals surface area contributed by atoms with Crippen LogP contribution in [-0.4, -0.2) is 56.4 Å². The van der Waals surface area contributed by atoms with E-state index in [-0.39, 0.29) is 5.75 Å². The van der Waals surface area contributed by atoms with Gasteiger partial charge in [-0.25, -0.2) is 8.42 Å². The maximum Gasteiger partial charge on any atom is 0.321 e. The summed E-state index contributed by atoms with van der Waals surface area (Å²) in [5.41, 5.74) is 0. The predicted octanol–water partition coefficient (Wildman–Crippen LogP) is -0.242. The van der Waals surface area contributed by atoms with Gasteiger partial charge in [-0.3, -0.25) is 4.79 Å². The number of methoxy groups -OCH3 is 1. The van der Waals surface area contributed by atoms with Crippen molar-refractivity contribution in [3.8, 4) is 0 Å². The summed E-state index contributed by atoms with van der Waals surface area (Å²) in [6, 6.07) is -1.04. The predicted molar refractivity (Wildman–Crippen MR) is 55.1 cm³/mol. The molecule has 0 aliphatic heterocycles. The SMILES string of the molecule is COCCCS(=O)(=O)N(C)C(C)C(=O)O. The molecule has 0 heterocycles. The van der Waals surface area contributed by atoms with E-state index in [0.29, 0.717) is 13.0 Å². The number of nitrogens with zero attached hydrogens (tertiary/aromatic N) is 1.